The van der Waals surface area contributed by atoms with Crippen molar-refractivity contribution in [3.8, 4) is 5.82 Å². The topological polar surface area (TPSA) is 72.4 Å². The van der Waals surface area contributed by atoms with Gasteiger partial charge in [0.05, 0.1) is 0 Å². The Bertz CT molecular complexity index is 740. The molecule has 1 N–H and O–H groups in total. The highest BCUT2D eigenvalue weighted by Gasteiger charge is 2.22. The van der Waals surface area contributed by atoms with Crippen LogP contribution in [0.1, 0.15) is 29.7 Å². The second kappa shape index (κ2) is 4.51. The van der Waals surface area contributed by atoms with Gasteiger partial charge in [-0.2, -0.15) is 4.98 Å². The van der Waals surface area contributed by atoms with Crippen molar-refractivity contribution in [3.05, 3.63) is 35.5 Å². The molecule has 7 heteroatoms. The molecule has 0 aliphatic rings. The molecule has 0 radical (unpaired) electrons. The summed E-state index contributed by atoms with van der Waals surface area (Å²) in [6.07, 6.45) is 6.88. The van der Waals surface area contributed by atoms with Crippen molar-refractivity contribution in [1.82, 2.24) is 18.9 Å². The fourth-order valence-electron chi connectivity index (χ4n) is 2.08. The molecule has 0 aliphatic carbocycles. The summed E-state index contributed by atoms with van der Waals surface area (Å²) in [6, 6.07) is 0. The molecule has 0 bridgehead atoms. The van der Waals surface area contributed by atoms with Gasteiger partial charge in [-0.15, -0.1) is 11.3 Å². The van der Waals surface area contributed by atoms with Crippen molar-refractivity contribution in [2.24, 2.45) is 0 Å². The first-order valence-corrected chi connectivity index (χ1v) is 6.81. The molecule has 19 heavy (non-hydrogen) atoms. The van der Waals surface area contributed by atoms with E-state index in [1.54, 1.807) is 27.6 Å². The van der Waals surface area contributed by atoms with Gasteiger partial charge in [0.15, 0.2) is 16.5 Å². The Hall–Kier alpha value is -2.15. The minimum absolute atomic E-state index is 0.173. The van der Waals surface area contributed by atoms with Crippen LogP contribution in [-0.2, 0) is 6.42 Å². The first-order chi connectivity index (χ1) is 9.22. The second-order valence-electron chi connectivity index (χ2n) is 4.11. The third kappa shape index (κ3) is 1.82. The lowest BCUT2D eigenvalue weighted by Crippen LogP contribution is -2.09. The number of carboxylic acid groups (broad SMARTS) is 1. The smallest absolute Gasteiger partial charge is 0.356 e. The maximum Gasteiger partial charge on any atom is 0.356 e. The summed E-state index contributed by atoms with van der Waals surface area (Å²) in [4.78, 5) is 20.8. The highest BCUT2D eigenvalue weighted by atomic mass is 32.1. The van der Waals surface area contributed by atoms with Crippen molar-refractivity contribution in [2.45, 2.75) is 19.8 Å². The number of aromatic carboxylic acids is 1. The van der Waals surface area contributed by atoms with Gasteiger partial charge in [-0.25, -0.2) is 9.78 Å². The number of nitrogens with zero attached hydrogens (tertiary/aromatic N) is 4. The summed E-state index contributed by atoms with van der Waals surface area (Å²) < 4.78 is 3.35. The van der Waals surface area contributed by atoms with Gasteiger partial charge in [0.25, 0.3) is 0 Å². The monoisotopic (exact) mass is 276 g/mol. The first kappa shape index (κ1) is 11.9. The third-order valence-corrected chi connectivity index (χ3v) is 3.62. The Morgan fingerprint density at radius 3 is 3.05 bits per heavy atom. The second-order valence-corrected chi connectivity index (χ2v) is 4.98. The van der Waals surface area contributed by atoms with E-state index in [0.717, 1.165) is 18.7 Å². The van der Waals surface area contributed by atoms with Gasteiger partial charge in [-0.05, 0) is 6.42 Å². The van der Waals surface area contributed by atoms with E-state index in [1.807, 2.05) is 5.38 Å². The van der Waals surface area contributed by atoms with E-state index in [0.29, 0.717) is 10.8 Å². The number of imidazole rings is 2. The zero-order valence-corrected chi connectivity index (χ0v) is 11.1. The van der Waals surface area contributed by atoms with E-state index in [-0.39, 0.29) is 5.69 Å². The highest BCUT2D eigenvalue weighted by Crippen LogP contribution is 2.22. The highest BCUT2D eigenvalue weighted by molar-refractivity contribution is 7.15. The lowest BCUT2D eigenvalue weighted by Gasteiger charge is -2.04. The molecule has 0 spiro atoms. The quantitative estimate of drug-likeness (QED) is 0.793. The van der Waals surface area contributed by atoms with Crippen LogP contribution in [0.15, 0.2) is 24.0 Å². The van der Waals surface area contributed by atoms with E-state index < -0.39 is 5.97 Å². The minimum Gasteiger partial charge on any atom is -0.476 e. The standard InChI is InChI=1S/C12H12N4O2S/c1-2-3-8-13-4-5-15(8)10-9(11(17)18)16-6-7-19-12(16)14-10/h4-7H,2-3H2,1H3,(H,17,18). The lowest BCUT2D eigenvalue weighted by atomic mass is 10.3. The molecular weight excluding hydrogens is 264 g/mol. The Kier molecular flexibility index (Phi) is 2.83. The minimum atomic E-state index is -0.989. The largest absolute Gasteiger partial charge is 0.476 e. The van der Waals surface area contributed by atoms with E-state index in [4.69, 9.17) is 0 Å². The summed E-state index contributed by atoms with van der Waals surface area (Å²) >= 11 is 1.41. The molecule has 3 aromatic rings. The normalized spacial score (nSPS) is 11.2. The van der Waals surface area contributed by atoms with Gasteiger partial charge in [0, 0.05) is 30.4 Å². The third-order valence-electron chi connectivity index (χ3n) is 2.87. The van der Waals surface area contributed by atoms with Crippen LogP contribution >= 0.6 is 11.3 Å². The summed E-state index contributed by atoms with van der Waals surface area (Å²) in [7, 11) is 0. The van der Waals surface area contributed by atoms with Crippen LogP contribution in [0.3, 0.4) is 0 Å². The number of carbonyl (C=O) groups is 1. The Morgan fingerprint density at radius 1 is 1.47 bits per heavy atom. The van der Waals surface area contributed by atoms with Crippen LogP contribution in [0, 0.1) is 0 Å². The number of hydrogen-bond donors (Lipinski definition) is 1. The molecule has 0 saturated carbocycles. The molecule has 0 amide bonds. The summed E-state index contributed by atoms with van der Waals surface area (Å²) in [5.74, 6) is 0.271. The maximum atomic E-state index is 11.5. The van der Waals surface area contributed by atoms with Crippen molar-refractivity contribution in [2.75, 3.05) is 0 Å². The van der Waals surface area contributed by atoms with Gasteiger partial charge in [0.2, 0.25) is 0 Å². The molecule has 6 nitrogen and oxygen atoms in total. The van der Waals surface area contributed by atoms with Gasteiger partial charge in [-0.3, -0.25) is 8.97 Å². The SMILES string of the molecule is CCCc1nccn1-c1nc2sccn2c1C(=O)O. The Balaban J connectivity index is 2.23. The molecule has 0 unspecified atom stereocenters. The fraction of sp³-hybridized carbons (Fsp3) is 0.250. The van der Waals surface area contributed by atoms with E-state index in [2.05, 4.69) is 16.9 Å². The van der Waals surface area contributed by atoms with E-state index in [9.17, 15) is 9.90 Å². The van der Waals surface area contributed by atoms with Crippen LogP contribution in [0.5, 0.6) is 0 Å². The summed E-state index contributed by atoms with van der Waals surface area (Å²) in [6.45, 7) is 2.06. The van der Waals surface area contributed by atoms with Crippen LogP contribution in [0.25, 0.3) is 10.8 Å². The maximum absolute atomic E-state index is 11.5. The summed E-state index contributed by atoms with van der Waals surface area (Å²) in [5, 5.41) is 11.2. The van der Waals surface area contributed by atoms with Crippen molar-refractivity contribution in [3.63, 3.8) is 0 Å². The predicted molar refractivity (Wildman–Crippen MR) is 71.1 cm³/mol. The molecule has 0 saturated heterocycles. The van der Waals surface area contributed by atoms with Crippen LogP contribution < -0.4 is 0 Å². The Morgan fingerprint density at radius 2 is 2.32 bits per heavy atom. The number of hydrogen-bond acceptors (Lipinski definition) is 4. The van der Waals surface area contributed by atoms with Gasteiger partial charge in [0.1, 0.15) is 5.82 Å². The Labute approximate surface area is 113 Å². The number of carboxylic acids is 1. The molecule has 0 aliphatic heterocycles. The molecule has 0 aromatic carbocycles. The van der Waals surface area contributed by atoms with E-state index in [1.165, 1.54) is 11.3 Å². The lowest BCUT2D eigenvalue weighted by molar-refractivity contribution is 0.0689. The molecular formula is C12H12N4O2S. The van der Waals surface area contributed by atoms with Gasteiger partial charge >= 0.3 is 5.97 Å². The molecule has 98 valence electrons. The van der Waals surface area contributed by atoms with Gasteiger partial charge < -0.3 is 5.11 Å². The number of rotatable bonds is 4. The van der Waals surface area contributed by atoms with Crippen LogP contribution in [0.2, 0.25) is 0 Å². The molecule has 3 rings (SSSR count). The number of fused-ring (bicyclic) bond motifs is 1. The van der Waals surface area contributed by atoms with Gasteiger partial charge in [-0.1, -0.05) is 6.92 Å². The number of aromatic nitrogens is 4. The molecule has 0 fully saturated rings. The zero-order valence-electron chi connectivity index (χ0n) is 10.3. The van der Waals surface area contributed by atoms with E-state index >= 15 is 0 Å². The number of aryl methyl sites for hydroxylation is 1. The molecule has 3 aromatic heterocycles. The van der Waals surface area contributed by atoms with Crippen molar-refractivity contribution >= 4 is 22.3 Å². The number of thiazole rings is 1. The summed E-state index contributed by atoms with van der Waals surface area (Å²) in [5.41, 5.74) is 0.173. The average molecular weight is 276 g/mol. The van der Waals surface area contributed by atoms with Crippen LogP contribution in [0.4, 0.5) is 0 Å². The molecule has 3 heterocycles. The first-order valence-electron chi connectivity index (χ1n) is 5.93. The average Bonchev–Trinajstić information content (AvgIpc) is 3.00. The van der Waals surface area contributed by atoms with Crippen molar-refractivity contribution < 1.29 is 9.90 Å². The van der Waals surface area contributed by atoms with Crippen molar-refractivity contribution in [1.29, 1.82) is 0 Å². The fourth-order valence-corrected chi connectivity index (χ4v) is 2.79. The molecule has 0 atom stereocenters. The van der Waals surface area contributed by atoms with Crippen LogP contribution in [-0.4, -0.2) is 30.0 Å². The zero-order chi connectivity index (χ0) is 13.4. The predicted octanol–water partition coefficient (Wildman–Crippen LogP) is 2.23.